The molecule has 0 aliphatic heterocycles. The molecule has 0 bridgehead atoms. The maximum Gasteiger partial charge on any atom is 0.281 e. The van der Waals surface area contributed by atoms with E-state index in [2.05, 4.69) is 29.9 Å². The van der Waals surface area contributed by atoms with Crippen LogP contribution in [0.25, 0.3) is 0 Å². The lowest BCUT2D eigenvalue weighted by Gasteiger charge is -2.04. The molecule has 0 amide bonds. The van der Waals surface area contributed by atoms with Crippen LogP contribution in [0, 0.1) is 13.8 Å². The second-order valence-corrected chi connectivity index (χ2v) is 4.98. The second-order valence-electron chi connectivity index (χ2n) is 3.33. The van der Waals surface area contributed by atoms with Crippen molar-refractivity contribution in [2.45, 2.75) is 18.9 Å². The normalized spacial score (nSPS) is 11.4. The Morgan fingerprint density at radius 1 is 1.24 bits per heavy atom. The van der Waals surface area contributed by atoms with Gasteiger partial charge in [-0.25, -0.2) is 14.7 Å². The van der Waals surface area contributed by atoms with E-state index in [1.54, 1.807) is 13.8 Å². The van der Waals surface area contributed by atoms with Crippen molar-refractivity contribution in [1.29, 1.82) is 0 Å². The molecule has 2 aromatic heterocycles. The van der Waals surface area contributed by atoms with Gasteiger partial charge in [-0.1, -0.05) is 0 Å². The molecule has 0 saturated heterocycles. The zero-order valence-electron chi connectivity index (χ0n) is 9.17. The summed E-state index contributed by atoms with van der Waals surface area (Å²) in [6.45, 7) is 3.46. The minimum absolute atomic E-state index is 0.0562. The number of aryl methyl sites for hydroxylation is 2. The highest BCUT2D eigenvalue weighted by Crippen LogP contribution is 2.09. The molecule has 2 heterocycles. The summed E-state index contributed by atoms with van der Waals surface area (Å²) < 4.78 is 25.7. The van der Waals surface area contributed by atoms with Gasteiger partial charge in [-0.05, 0) is 13.8 Å². The van der Waals surface area contributed by atoms with Gasteiger partial charge in [0.25, 0.3) is 16.0 Å². The van der Waals surface area contributed by atoms with Crippen LogP contribution in [0.3, 0.4) is 0 Å². The van der Waals surface area contributed by atoms with Crippen molar-refractivity contribution in [3.63, 3.8) is 0 Å². The summed E-state index contributed by atoms with van der Waals surface area (Å²) in [5, 5.41) is 7.37. The Labute approximate surface area is 97.6 Å². The summed E-state index contributed by atoms with van der Waals surface area (Å²) in [4.78, 5) is 10.1. The Balaban J connectivity index is 2.30. The average Bonchev–Trinajstić information content (AvgIpc) is 2.77. The third kappa shape index (κ3) is 2.38. The maximum atomic E-state index is 11.8. The number of hydrogen-bond acceptors (Lipinski definition) is 6. The van der Waals surface area contributed by atoms with E-state index in [9.17, 15) is 8.42 Å². The first kappa shape index (κ1) is 11.5. The molecule has 0 unspecified atom stereocenters. The molecule has 0 radical (unpaired) electrons. The van der Waals surface area contributed by atoms with E-state index >= 15 is 0 Å². The predicted octanol–water partition coefficient (Wildman–Crippen LogP) is 0.0123. The van der Waals surface area contributed by atoms with Crippen molar-refractivity contribution in [1.82, 2.24) is 25.1 Å². The lowest BCUT2D eigenvalue weighted by Crippen LogP contribution is -2.16. The molecule has 2 aromatic rings. The van der Waals surface area contributed by atoms with Crippen LogP contribution in [0.1, 0.15) is 11.4 Å². The molecule has 9 heteroatoms. The monoisotopic (exact) mass is 254 g/mol. The zero-order chi connectivity index (χ0) is 12.5. The van der Waals surface area contributed by atoms with Crippen molar-refractivity contribution in [2.75, 3.05) is 4.72 Å². The summed E-state index contributed by atoms with van der Waals surface area (Å²) in [6, 6.07) is 0. The average molecular weight is 254 g/mol. The van der Waals surface area contributed by atoms with Crippen LogP contribution >= 0.6 is 0 Å². The Bertz CT molecular complexity index is 621. The van der Waals surface area contributed by atoms with Gasteiger partial charge in [0.1, 0.15) is 0 Å². The van der Waals surface area contributed by atoms with Crippen LogP contribution in [0.15, 0.2) is 17.6 Å². The summed E-state index contributed by atoms with van der Waals surface area (Å²) in [5.41, 5.74) is 1.26. The number of nitrogens with one attached hydrogen (secondary N) is 2. The lowest BCUT2D eigenvalue weighted by atomic mass is 10.4. The van der Waals surface area contributed by atoms with E-state index in [0.717, 1.165) is 0 Å². The number of H-pyrrole nitrogens is 1. The van der Waals surface area contributed by atoms with Crippen molar-refractivity contribution >= 4 is 16.0 Å². The zero-order valence-corrected chi connectivity index (χ0v) is 9.98. The van der Waals surface area contributed by atoms with Gasteiger partial charge in [0, 0.05) is 0 Å². The largest absolute Gasteiger partial charge is 0.334 e. The first-order valence-electron chi connectivity index (χ1n) is 4.68. The van der Waals surface area contributed by atoms with Gasteiger partial charge in [0.05, 0.1) is 23.9 Å². The molecule has 0 saturated carbocycles. The van der Waals surface area contributed by atoms with Crippen LogP contribution in [0.2, 0.25) is 0 Å². The molecule has 0 fully saturated rings. The van der Waals surface area contributed by atoms with E-state index in [4.69, 9.17) is 0 Å². The van der Waals surface area contributed by atoms with Gasteiger partial charge in [-0.2, -0.15) is 13.5 Å². The van der Waals surface area contributed by atoms with Crippen molar-refractivity contribution < 1.29 is 8.42 Å². The fourth-order valence-corrected chi connectivity index (χ4v) is 1.91. The minimum atomic E-state index is -3.73. The first-order valence-corrected chi connectivity index (χ1v) is 6.16. The first-order chi connectivity index (χ1) is 7.99. The number of aromatic nitrogens is 5. The topological polar surface area (TPSA) is 114 Å². The van der Waals surface area contributed by atoms with Crippen LogP contribution in [0.4, 0.5) is 5.95 Å². The molecule has 2 rings (SSSR count). The summed E-state index contributed by atoms with van der Waals surface area (Å²) in [5.74, 6) is -0.0669. The van der Waals surface area contributed by atoms with Crippen LogP contribution in [0.5, 0.6) is 0 Å². The van der Waals surface area contributed by atoms with E-state index in [1.165, 1.54) is 12.5 Å². The molecule has 0 aliphatic rings. The Morgan fingerprint density at radius 2 is 2.00 bits per heavy atom. The number of hydrogen-bond donors (Lipinski definition) is 2. The number of imidazole rings is 1. The van der Waals surface area contributed by atoms with Gasteiger partial charge >= 0.3 is 0 Å². The Kier molecular flexibility index (Phi) is 2.76. The number of rotatable bonds is 3. The fraction of sp³-hybridized carbons (Fsp3) is 0.250. The van der Waals surface area contributed by atoms with E-state index in [0.29, 0.717) is 11.4 Å². The van der Waals surface area contributed by atoms with E-state index in [-0.39, 0.29) is 11.0 Å². The molecular weight excluding hydrogens is 244 g/mol. The van der Waals surface area contributed by atoms with Crippen LogP contribution in [-0.2, 0) is 10.0 Å². The molecule has 0 atom stereocenters. The van der Waals surface area contributed by atoms with E-state index in [1.807, 2.05) is 0 Å². The molecule has 0 aliphatic carbocycles. The molecule has 8 nitrogen and oxygen atoms in total. The molecule has 0 spiro atoms. The number of sulfonamides is 1. The summed E-state index contributed by atoms with van der Waals surface area (Å²) in [6.07, 6.45) is 2.46. The Morgan fingerprint density at radius 3 is 2.59 bits per heavy atom. The molecule has 90 valence electrons. The van der Waals surface area contributed by atoms with Gasteiger partial charge in [0.15, 0.2) is 5.03 Å². The van der Waals surface area contributed by atoms with Gasteiger partial charge in [-0.15, -0.1) is 5.10 Å². The quantitative estimate of drug-likeness (QED) is 0.797. The highest BCUT2D eigenvalue weighted by molar-refractivity contribution is 7.92. The highest BCUT2D eigenvalue weighted by atomic mass is 32.2. The molecule has 2 N–H and O–H groups in total. The van der Waals surface area contributed by atoms with Gasteiger partial charge in [-0.3, -0.25) is 0 Å². The van der Waals surface area contributed by atoms with Crippen molar-refractivity contribution in [3.05, 3.63) is 23.9 Å². The van der Waals surface area contributed by atoms with Crippen LogP contribution < -0.4 is 4.72 Å². The maximum absolute atomic E-state index is 11.8. The highest BCUT2D eigenvalue weighted by Gasteiger charge is 2.17. The van der Waals surface area contributed by atoms with Crippen molar-refractivity contribution in [3.8, 4) is 0 Å². The number of anilines is 1. The van der Waals surface area contributed by atoms with E-state index < -0.39 is 10.0 Å². The minimum Gasteiger partial charge on any atom is -0.334 e. The lowest BCUT2D eigenvalue weighted by molar-refractivity contribution is 0.597. The summed E-state index contributed by atoms with van der Waals surface area (Å²) >= 11 is 0. The van der Waals surface area contributed by atoms with Crippen molar-refractivity contribution in [2.24, 2.45) is 0 Å². The molecule has 0 aromatic carbocycles. The van der Waals surface area contributed by atoms with Gasteiger partial charge in [0.2, 0.25) is 0 Å². The summed E-state index contributed by atoms with van der Waals surface area (Å²) in [7, 11) is -3.73. The SMILES string of the molecule is Cc1nnc(NS(=O)(=O)c2cnc[nH]2)nc1C. The second kappa shape index (κ2) is 4.09. The smallest absolute Gasteiger partial charge is 0.281 e. The van der Waals surface area contributed by atoms with Crippen LogP contribution in [-0.4, -0.2) is 33.6 Å². The third-order valence-corrected chi connectivity index (χ3v) is 3.33. The van der Waals surface area contributed by atoms with Gasteiger partial charge < -0.3 is 4.98 Å². The standard InChI is InChI=1S/C8H10N6O2S/c1-5-6(2)12-13-8(11-5)14-17(15,16)7-3-9-4-10-7/h3-4H,1-2H3,(H,9,10)(H,11,13,14). The molecular formula is C8H10N6O2S. The molecule has 17 heavy (non-hydrogen) atoms. The Hall–Kier alpha value is -2.03. The number of nitrogens with zero attached hydrogens (tertiary/aromatic N) is 4. The number of aromatic amines is 1. The fourth-order valence-electron chi connectivity index (χ4n) is 1.07. The third-order valence-electron chi connectivity index (χ3n) is 2.08. The predicted molar refractivity (Wildman–Crippen MR) is 58.7 cm³/mol.